The molecule has 0 spiro atoms. The third-order valence-corrected chi connectivity index (χ3v) is 6.52. The van der Waals surface area contributed by atoms with Gasteiger partial charge in [-0.1, -0.05) is 45.1 Å². The molecule has 1 nitrogen and oxygen atoms in total. The fourth-order valence-corrected chi connectivity index (χ4v) is 4.99. The Bertz CT molecular complexity index is 453. The summed E-state index contributed by atoms with van der Waals surface area (Å²) in [5.74, 6) is 3.21. The summed E-state index contributed by atoms with van der Waals surface area (Å²) < 4.78 is 13.0. The van der Waals surface area contributed by atoms with Gasteiger partial charge in [-0.2, -0.15) is 4.39 Å². The van der Waals surface area contributed by atoms with Gasteiger partial charge in [-0.05, 0) is 73.8 Å². The number of hydrogen-bond acceptors (Lipinski definition) is 1. The fourth-order valence-electron chi connectivity index (χ4n) is 4.99. The van der Waals surface area contributed by atoms with Crippen LogP contribution in [0.3, 0.4) is 0 Å². The number of pyridine rings is 1. The fraction of sp³-hybridized carbons (Fsp3) is 0.762. The van der Waals surface area contributed by atoms with Gasteiger partial charge in [0.15, 0.2) is 0 Å². The highest BCUT2D eigenvalue weighted by Gasteiger charge is 2.31. The zero-order chi connectivity index (χ0) is 16.1. The SMILES string of the molecule is CCCC[C@H]1CC[C@H](C2CCC(c3ccc(F)nc3)CC2)CC1. The van der Waals surface area contributed by atoms with Crippen molar-refractivity contribution in [1.82, 2.24) is 4.98 Å². The maximum absolute atomic E-state index is 13.0. The Labute approximate surface area is 141 Å². The lowest BCUT2D eigenvalue weighted by Gasteiger charge is -2.38. The van der Waals surface area contributed by atoms with E-state index < -0.39 is 0 Å². The first-order valence-electron chi connectivity index (χ1n) is 9.87. The van der Waals surface area contributed by atoms with Crippen molar-refractivity contribution in [1.29, 1.82) is 0 Å². The molecule has 2 fully saturated rings. The van der Waals surface area contributed by atoms with E-state index in [0.717, 1.165) is 17.8 Å². The predicted molar refractivity (Wildman–Crippen MR) is 93.9 cm³/mol. The highest BCUT2D eigenvalue weighted by atomic mass is 19.1. The molecule has 1 aromatic heterocycles. The second kappa shape index (κ2) is 8.26. The summed E-state index contributed by atoms with van der Waals surface area (Å²) in [4.78, 5) is 3.83. The van der Waals surface area contributed by atoms with Gasteiger partial charge >= 0.3 is 0 Å². The van der Waals surface area contributed by atoms with Crippen LogP contribution in [0.4, 0.5) is 4.39 Å². The summed E-state index contributed by atoms with van der Waals surface area (Å²) in [5, 5.41) is 0. The van der Waals surface area contributed by atoms with Crippen LogP contribution in [0.25, 0.3) is 0 Å². The Hall–Kier alpha value is -0.920. The average Bonchev–Trinajstić information content (AvgIpc) is 2.61. The summed E-state index contributed by atoms with van der Waals surface area (Å²) in [6.45, 7) is 2.31. The molecule has 128 valence electrons. The Balaban J connectivity index is 1.43. The van der Waals surface area contributed by atoms with Crippen molar-refractivity contribution in [2.24, 2.45) is 17.8 Å². The molecule has 0 aliphatic heterocycles. The van der Waals surface area contributed by atoms with E-state index in [-0.39, 0.29) is 5.95 Å². The van der Waals surface area contributed by atoms with Gasteiger partial charge in [0.2, 0.25) is 5.95 Å². The Kier molecular flexibility index (Phi) is 6.08. The van der Waals surface area contributed by atoms with Gasteiger partial charge in [0.05, 0.1) is 0 Å². The van der Waals surface area contributed by atoms with E-state index >= 15 is 0 Å². The van der Waals surface area contributed by atoms with Crippen molar-refractivity contribution in [3.63, 3.8) is 0 Å². The van der Waals surface area contributed by atoms with Gasteiger partial charge in [0, 0.05) is 6.20 Å². The van der Waals surface area contributed by atoms with Crippen LogP contribution in [0.15, 0.2) is 18.3 Å². The first-order valence-corrected chi connectivity index (χ1v) is 9.87. The minimum atomic E-state index is -0.359. The van der Waals surface area contributed by atoms with Crippen LogP contribution in [-0.4, -0.2) is 4.98 Å². The summed E-state index contributed by atoms with van der Waals surface area (Å²) in [7, 11) is 0. The molecule has 23 heavy (non-hydrogen) atoms. The first kappa shape index (κ1) is 16.9. The molecule has 3 rings (SSSR count). The molecule has 0 unspecified atom stereocenters. The van der Waals surface area contributed by atoms with Crippen LogP contribution in [0.5, 0.6) is 0 Å². The van der Waals surface area contributed by atoms with E-state index in [0.29, 0.717) is 5.92 Å². The van der Waals surface area contributed by atoms with Crippen LogP contribution in [0.1, 0.15) is 89.0 Å². The smallest absolute Gasteiger partial charge is 0.212 e. The van der Waals surface area contributed by atoms with E-state index in [2.05, 4.69) is 11.9 Å². The number of unbranched alkanes of at least 4 members (excludes halogenated alkanes) is 1. The van der Waals surface area contributed by atoms with Crippen molar-refractivity contribution in [2.75, 3.05) is 0 Å². The Morgan fingerprint density at radius 2 is 1.61 bits per heavy atom. The molecule has 1 aromatic rings. The molecule has 2 heteroatoms. The topological polar surface area (TPSA) is 12.9 Å². The van der Waals surface area contributed by atoms with Crippen LogP contribution in [0.2, 0.25) is 0 Å². The van der Waals surface area contributed by atoms with E-state index in [4.69, 9.17) is 0 Å². The van der Waals surface area contributed by atoms with Crippen LogP contribution in [-0.2, 0) is 0 Å². The highest BCUT2D eigenvalue weighted by Crippen LogP contribution is 2.44. The van der Waals surface area contributed by atoms with Crippen molar-refractivity contribution in [3.8, 4) is 0 Å². The minimum Gasteiger partial charge on any atom is -0.228 e. The Morgan fingerprint density at radius 1 is 0.957 bits per heavy atom. The van der Waals surface area contributed by atoms with Gasteiger partial charge in [-0.25, -0.2) is 4.98 Å². The van der Waals surface area contributed by atoms with Crippen LogP contribution < -0.4 is 0 Å². The van der Waals surface area contributed by atoms with Crippen molar-refractivity contribution in [3.05, 3.63) is 29.8 Å². The standard InChI is InChI=1S/C21H32FN/c1-2-3-4-16-5-7-17(8-6-16)18-9-11-19(12-10-18)20-13-14-21(22)23-15-20/h13-19H,2-12H2,1H3/t16-,17-,18?,19?. The maximum Gasteiger partial charge on any atom is 0.212 e. The summed E-state index contributed by atoms with van der Waals surface area (Å²) in [5.41, 5.74) is 1.24. The summed E-state index contributed by atoms with van der Waals surface area (Å²) >= 11 is 0. The second-order valence-corrected chi connectivity index (χ2v) is 7.95. The molecule has 0 aromatic carbocycles. The van der Waals surface area contributed by atoms with E-state index in [1.54, 1.807) is 6.20 Å². The van der Waals surface area contributed by atoms with Gasteiger partial charge in [0.1, 0.15) is 0 Å². The molecule has 0 saturated heterocycles. The molecule has 0 atom stereocenters. The molecule has 2 saturated carbocycles. The molecule has 1 heterocycles. The molecule has 0 bridgehead atoms. The summed E-state index contributed by atoms with van der Waals surface area (Å²) in [6.07, 6.45) is 17.2. The first-order chi connectivity index (χ1) is 11.3. The molecule has 2 aliphatic rings. The predicted octanol–water partition coefficient (Wildman–Crippen LogP) is 6.49. The lowest BCUT2D eigenvalue weighted by Crippen LogP contribution is -2.25. The highest BCUT2D eigenvalue weighted by molar-refractivity contribution is 5.15. The third-order valence-electron chi connectivity index (χ3n) is 6.52. The van der Waals surface area contributed by atoms with Gasteiger partial charge in [0.25, 0.3) is 0 Å². The number of aromatic nitrogens is 1. The van der Waals surface area contributed by atoms with Gasteiger partial charge in [-0.3, -0.25) is 0 Å². The monoisotopic (exact) mass is 317 g/mol. The molecule has 0 radical (unpaired) electrons. The average molecular weight is 317 g/mol. The Morgan fingerprint density at radius 3 is 2.17 bits per heavy atom. The van der Waals surface area contributed by atoms with E-state index in [9.17, 15) is 4.39 Å². The molecular weight excluding hydrogens is 285 g/mol. The molecule has 0 N–H and O–H groups in total. The minimum absolute atomic E-state index is 0.359. The second-order valence-electron chi connectivity index (χ2n) is 7.95. The van der Waals surface area contributed by atoms with E-state index in [1.165, 1.54) is 82.3 Å². The molecule has 0 amide bonds. The summed E-state index contributed by atoms with van der Waals surface area (Å²) in [6, 6.07) is 3.45. The van der Waals surface area contributed by atoms with Gasteiger partial charge in [-0.15, -0.1) is 0 Å². The zero-order valence-electron chi connectivity index (χ0n) is 14.6. The van der Waals surface area contributed by atoms with Crippen molar-refractivity contribution < 1.29 is 4.39 Å². The lowest BCUT2D eigenvalue weighted by atomic mass is 9.68. The number of hydrogen-bond donors (Lipinski definition) is 0. The number of nitrogens with zero attached hydrogens (tertiary/aromatic N) is 1. The van der Waals surface area contributed by atoms with Crippen LogP contribution in [0, 0.1) is 23.7 Å². The van der Waals surface area contributed by atoms with Crippen molar-refractivity contribution >= 4 is 0 Å². The molecular formula is C21H32FN. The van der Waals surface area contributed by atoms with Crippen molar-refractivity contribution in [2.45, 2.75) is 83.5 Å². The number of rotatable bonds is 5. The number of halogens is 1. The van der Waals surface area contributed by atoms with Gasteiger partial charge < -0.3 is 0 Å². The largest absolute Gasteiger partial charge is 0.228 e. The third kappa shape index (κ3) is 4.55. The zero-order valence-corrected chi connectivity index (χ0v) is 14.6. The maximum atomic E-state index is 13.0. The normalized spacial score (nSPS) is 31.9. The van der Waals surface area contributed by atoms with Crippen LogP contribution >= 0.6 is 0 Å². The quantitative estimate of drug-likeness (QED) is 0.565. The molecule has 2 aliphatic carbocycles. The lowest BCUT2D eigenvalue weighted by molar-refractivity contribution is 0.156. The van der Waals surface area contributed by atoms with E-state index in [1.807, 2.05) is 6.07 Å².